The van der Waals surface area contributed by atoms with Crippen molar-refractivity contribution in [2.45, 2.75) is 12.6 Å². The smallest absolute Gasteiger partial charge is 0.178 e. The van der Waals surface area contributed by atoms with E-state index in [0.717, 1.165) is 11.1 Å². The molecule has 2 aromatic carbocycles. The van der Waals surface area contributed by atoms with E-state index in [-0.39, 0.29) is 77.9 Å². The molecular weight excluding hydrogens is 494 g/mol. The topological polar surface area (TPSA) is 80.9 Å². The molecule has 8 heteroatoms. The number of hydrogen-bond acceptors (Lipinski definition) is 4. The molecule has 102 valence electrons. The summed E-state index contributed by atoms with van der Waals surface area (Å²) in [6.45, 7) is 0. The minimum absolute atomic E-state index is 0. The fourth-order valence-electron chi connectivity index (χ4n) is 1.70. The van der Waals surface area contributed by atoms with Crippen LogP contribution in [0.1, 0.15) is 23.7 Å². The van der Waals surface area contributed by atoms with Crippen LogP contribution in [0.4, 0.5) is 0 Å². The Labute approximate surface area is 180 Å². The van der Waals surface area contributed by atoms with Crippen molar-refractivity contribution in [2.24, 2.45) is 0 Å². The average molecular weight is 508 g/mol. The van der Waals surface area contributed by atoms with Gasteiger partial charge >= 0.3 is 0 Å². The van der Waals surface area contributed by atoms with E-state index in [0.29, 0.717) is 11.1 Å². The standard InChI is InChI=1S/C14H14O4.4Zn/c15-13(16)11-5-1-9(2-6-11)10-3-7-12(8-4-10)14(17)18;;;;/h1-8,13-18H;;;;. The van der Waals surface area contributed by atoms with Crippen LogP contribution < -0.4 is 0 Å². The Balaban J connectivity index is -0.000000902. The first kappa shape index (κ1) is 27.6. The second kappa shape index (κ2) is 13.1. The molecule has 0 spiro atoms. The molecule has 0 heterocycles. The molecule has 2 rings (SSSR count). The van der Waals surface area contributed by atoms with E-state index in [9.17, 15) is 0 Å². The van der Waals surface area contributed by atoms with Gasteiger partial charge in [0.1, 0.15) is 0 Å². The zero-order valence-corrected chi connectivity index (χ0v) is 24.3. The van der Waals surface area contributed by atoms with E-state index in [1.165, 1.54) is 0 Å². The third-order valence-electron chi connectivity index (χ3n) is 2.75. The van der Waals surface area contributed by atoms with Crippen LogP contribution in [-0.4, -0.2) is 20.4 Å². The second-order valence-electron chi connectivity index (χ2n) is 3.99. The molecule has 0 saturated carbocycles. The zero-order valence-electron chi connectivity index (χ0n) is 12.4. The fourth-order valence-corrected chi connectivity index (χ4v) is 1.70. The van der Waals surface area contributed by atoms with E-state index >= 15 is 0 Å². The summed E-state index contributed by atoms with van der Waals surface area (Å²) in [4.78, 5) is 0. The molecule has 2 aromatic rings. The van der Waals surface area contributed by atoms with Gasteiger partial charge in [0.05, 0.1) is 0 Å². The quantitative estimate of drug-likeness (QED) is 0.373. The molecule has 0 aliphatic carbocycles. The Morgan fingerprint density at radius 3 is 0.864 bits per heavy atom. The number of aliphatic hydroxyl groups is 4. The van der Waals surface area contributed by atoms with Crippen molar-refractivity contribution in [3.05, 3.63) is 59.7 Å². The van der Waals surface area contributed by atoms with Gasteiger partial charge in [-0.2, -0.15) is 0 Å². The molecule has 0 aliphatic heterocycles. The maximum absolute atomic E-state index is 8.98. The van der Waals surface area contributed by atoms with Gasteiger partial charge in [-0.25, -0.2) is 0 Å². The van der Waals surface area contributed by atoms with Crippen LogP contribution >= 0.6 is 0 Å². The minimum atomic E-state index is -1.47. The van der Waals surface area contributed by atoms with Gasteiger partial charge in [0.25, 0.3) is 0 Å². The molecule has 4 N–H and O–H groups in total. The maximum atomic E-state index is 8.98. The number of benzene rings is 2. The summed E-state index contributed by atoms with van der Waals surface area (Å²) < 4.78 is 0. The van der Waals surface area contributed by atoms with Crippen LogP contribution in [0.2, 0.25) is 0 Å². The van der Waals surface area contributed by atoms with Crippen molar-refractivity contribution >= 4 is 0 Å². The van der Waals surface area contributed by atoms with Gasteiger partial charge in [0.15, 0.2) is 12.6 Å². The molecule has 0 saturated heterocycles. The summed E-state index contributed by atoms with van der Waals surface area (Å²) >= 11 is 0. The van der Waals surface area contributed by atoms with E-state index < -0.39 is 12.6 Å². The van der Waals surface area contributed by atoms with Crippen molar-refractivity contribution in [3.63, 3.8) is 0 Å². The Morgan fingerprint density at radius 1 is 0.455 bits per heavy atom. The van der Waals surface area contributed by atoms with Crippen molar-refractivity contribution in [2.75, 3.05) is 0 Å². The summed E-state index contributed by atoms with van der Waals surface area (Å²) in [6.07, 6.45) is -2.93. The van der Waals surface area contributed by atoms with Gasteiger partial charge in [-0.3, -0.25) is 0 Å². The van der Waals surface area contributed by atoms with Gasteiger partial charge in [0.2, 0.25) is 0 Å². The van der Waals surface area contributed by atoms with E-state index in [1.54, 1.807) is 48.5 Å². The first-order valence-electron chi connectivity index (χ1n) is 5.50. The number of rotatable bonds is 3. The molecule has 4 nitrogen and oxygen atoms in total. The van der Waals surface area contributed by atoms with Crippen LogP contribution in [0, 0.1) is 0 Å². The van der Waals surface area contributed by atoms with Crippen LogP contribution in [-0.2, 0) is 77.9 Å². The molecule has 0 aliphatic rings. The van der Waals surface area contributed by atoms with Crippen molar-refractivity contribution in [1.29, 1.82) is 0 Å². The Kier molecular flexibility index (Phi) is 16.5. The van der Waals surface area contributed by atoms with E-state index in [4.69, 9.17) is 20.4 Å². The Hall–Kier alpha value is 0.774. The average Bonchev–Trinajstić information content (AvgIpc) is 2.39. The molecule has 0 amide bonds. The van der Waals surface area contributed by atoms with Crippen LogP contribution in [0.15, 0.2) is 48.5 Å². The molecule has 0 fully saturated rings. The molecule has 0 atom stereocenters. The van der Waals surface area contributed by atoms with E-state index in [2.05, 4.69) is 0 Å². The van der Waals surface area contributed by atoms with Crippen LogP contribution in [0.25, 0.3) is 11.1 Å². The largest absolute Gasteiger partial charge is 0.364 e. The Bertz CT molecular complexity index is 466. The molecule has 0 unspecified atom stereocenters. The maximum Gasteiger partial charge on any atom is 0.178 e. The van der Waals surface area contributed by atoms with Gasteiger partial charge in [0, 0.05) is 89.0 Å². The predicted molar refractivity (Wildman–Crippen MR) is 66.2 cm³/mol. The predicted octanol–water partition coefficient (Wildman–Crippen LogP) is 1.31. The van der Waals surface area contributed by atoms with Gasteiger partial charge < -0.3 is 20.4 Å². The van der Waals surface area contributed by atoms with E-state index in [1.807, 2.05) is 0 Å². The first-order valence-corrected chi connectivity index (χ1v) is 5.50. The zero-order chi connectivity index (χ0) is 13.1. The van der Waals surface area contributed by atoms with Crippen LogP contribution in [0.5, 0.6) is 0 Å². The molecule has 22 heavy (non-hydrogen) atoms. The monoisotopic (exact) mass is 502 g/mol. The minimum Gasteiger partial charge on any atom is -0.364 e. The summed E-state index contributed by atoms with van der Waals surface area (Å²) in [5.41, 5.74) is 2.69. The summed E-state index contributed by atoms with van der Waals surface area (Å²) in [5, 5.41) is 35.9. The van der Waals surface area contributed by atoms with Crippen molar-refractivity contribution < 1.29 is 98.3 Å². The van der Waals surface area contributed by atoms with Gasteiger partial charge in [-0.05, 0) is 11.1 Å². The molecule has 0 aromatic heterocycles. The third-order valence-corrected chi connectivity index (χ3v) is 2.75. The van der Waals surface area contributed by atoms with Gasteiger partial charge in [-0.1, -0.05) is 48.5 Å². The fraction of sp³-hybridized carbons (Fsp3) is 0.143. The van der Waals surface area contributed by atoms with Gasteiger partial charge in [-0.15, -0.1) is 0 Å². The Morgan fingerprint density at radius 2 is 0.682 bits per heavy atom. The number of aliphatic hydroxyl groups excluding tert-OH is 2. The normalized spacial score (nSPS) is 9.18. The summed E-state index contributed by atoms with van der Waals surface area (Å²) in [6, 6.07) is 13.6. The summed E-state index contributed by atoms with van der Waals surface area (Å²) in [7, 11) is 0. The van der Waals surface area contributed by atoms with Crippen molar-refractivity contribution in [1.82, 2.24) is 0 Å². The van der Waals surface area contributed by atoms with Crippen molar-refractivity contribution in [3.8, 4) is 11.1 Å². The number of hydrogen-bond donors (Lipinski definition) is 4. The SMILES string of the molecule is OC(O)c1ccc(-c2ccc(C(O)O)cc2)cc1.[Zn].[Zn].[Zn].[Zn]. The summed E-state index contributed by atoms with van der Waals surface area (Å²) in [5.74, 6) is 0. The third kappa shape index (κ3) is 7.56. The molecule has 0 bridgehead atoms. The second-order valence-corrected chi connectivity index (χ2v) is 3.99. The molecule has 0 radical (unpaired) electrons. The molecular formula is C14H14O4Zn4. The first-order chi connectivity index (χ1) is 8.58. The van der Waals surface area contributed by atoms with Crippen LogP contribution in [0.3, 0.4) is 0 Å².